The fraction of sp³-hybridized carbons (Fsp3) is 0.227. The summed E-state index contributed by atoms with van der Waals surface area (Å²) >= 11 is 6.26. The number of allylic oxidation sites excluding steroid dienone is 2. The summed E-state index contributed by atoms with van der Waals surface area (Å²) in [5.74, 6) is -2.90. The van der Waals surface area contributed by atoms with Crippen LogP contribution >= 0.6 is 11.6 Å². The number of hydrogen-bond acceptors (Lipinski definition) is 5. The first-order valence-corrected chi connectivity index (χ1v) is 10.1. The van der Waals surface area contributed by atoms with Crippen molar-refractivity contribution in [2.75, 3.05) is 0 Å². The third-order valence-corrected chi connectivity index (χ3v) is 5.94. The lowest BCUT2D eigenvalue weighted by molar-refractivity contribution is -0.385. The number of benzene rings is 2. The van der Waals surface area contributed by atoms with E-state index < -0.39 is 40.2 Å². The van der Waals surface area contributed by atoms with Crippen LogP contribution in [-0.4, -0.2) is 32.7 Å². The third-order valence-electron chi connectivity index (χ3n) is 5.57. The van der Waals surface area contributed by atoms with E-state index in [1.54, 1.807) is 24.3 Å². The van der Waals surface area contributed by atoms with Crippen LogP contribution in [0.2, 0.25) is 5.02 Å². The molecule has 1 heterocycles. The van der Waals surface area contributed by atoms with Crippen molar-refractivity contribution in [1.82, 2.24) is 10.0 Å². The molecule has 1 aliphatic carbocycles. The minimum absolute atomic E-state index is 0.186. The number of nitro benzene ring substituents is 1. The van der Waals surface area contributed by atoms with Crippen molar-refractivity contribution >= 4 is 35.0 Å². The van der Waals surface area contributed by atoms with Crippen molar-refractivity contribution in [2.45, 2.75) is 19.4 Å². The second-order valence-electron chi connectivity index (χ2n) is 7.37. The number of imide groups is 1. The standard InChI is InChI=1S/C22H18ClN3O5/c23-18-11-5-1-7-14(18)13-24(20(27)17-10-4-6-12-19(17)26(30)31)25-21(28)15-8-2-3-9-16(15)22(25)29/h1-7,10-12,15-16H,8-9,13H2/t15-,16-/m0/s1. The molecule has 0 bridgehead atoms. The Morgan fingerprint density at radius 2 is 1.61 bits per heavy atom. The van der Waals surface area contributed by atoms with Crippen LogP contribution in [0.1, 0.15) is 28.8 Å². The lowest BCUT2D eigenvalue weighted by atomic mass is 9.85. The summed E-state index contributed by atoms with van der Waals surface area (Å²) in [6.45, 7) is -0.186. The Balaban J connectivity index is 1.78. The summed E-state index contributed by atoms with van der Waals surface area (Å²) in [5.41, 5.74) is -0.118. The van der Waals surface area contributed by atoms with Crippen molar-refractivity contribution < 1.29 is 19.3 Å². The number of carbonyl (C=O) groups is 3. The van der Waals surface area contributed by atoms with E-state index in [-0.39, 0.29) is 12.1 Å². The number of nitrogens with zero attached hydrogens (tertiary/aromatic N) is 3. The van der Waals surface area contributed by atoms with Crippen molar-refractivity contribution in [3.63, 3.8) is 0 Å². The Morgan fingerprint density at radius 1 is 1.03 bits per heavy atom. The van der Waals surface area contributed by atoms with Crippen LogP contribution in [-0.2, 0) is 16.1 Å². The monoisotopic (exact) mass is 439 g/mol. The number of para-hydroxylation sites is 1. The highest BCUT2D eigenvalue weighted by Crippen LogP contribution is 2.37. The molecular weight excluding hydrogens is 422 g/mol. The van der Waals surface area contributed by atoms with Crippen LogP contribution < -0.4 is 0 Å². The molecule has 2 atom stereocenters. The predicted octanol–water partition coefficient (Wildman–Crippen LogP) is 3.76. The molecule has 2 aromatic carbocycles. The molecule has 3 amide bonds. The quantitative estimate of drug-likeness (QED) is 0.305. The minimum atomic E-state index is -0.819. The molecule has 9 heteroatoms. The van der Waals surface area contributed by atoms with Crippen LogP contribution in [0.3, 0.4) is 0 Å². The van der Waals surface area contributed by atoms with Gasteiger partial charge in [0.05, 0.1) is 23.3 Å². The Morgan fingerprint density at radius 3 is 2.23 bits per heavy atom. The largest absolute Gasteiger partial charge is 0.282 e. The van der Waals surface area contributed by atoms with Crippen molar-refractivity contribution in [3.05, 3.63) is 86.9 Å². The number of rotatable bonds is 5. The zero-order valence-electron chi connectivity index (χ0n) is 16.3. The molecule has 2 aromatic rings. The van der Waals surface area contributed by atoms with Crippen molar-refractivity contribution in [3.8, 4) is 0 Å². The molecular formula is C22H18ClN3O5. The summed E-state index contributed by atoms with van der Waals surface area (Å²) < 4.78 is 0. The summed E-state index contributed by atoms with van der Waals surface area (Å²) in [5, 5.41) is 13.7. The summed E-state index contributed by atoms with van der Waals surface area (Å²) in [6.07, 6.45) is 4.51. The smallest absolute Gasteiger partial charge is 0.272 e. The number of amides is 3. The maximum absolute atomic E-state index is 13.5. The summed E-state index contributed by atoms with van der Waals surface area (Å²) in [7, 11) is 0. The average molecular weight is 440 g/mol. The number of nitro groups is 1. The topological polar surface area (TPSA) is 101 Å². The molecule has 8 nitrogen and oxygen atoms in total. The van der Waals surface area contributed by atoms with E-state index in [0.29, 0.717) is 23.4 Å². The zero-order valence-corrected chi connectivity index (χ0v) is 17.1. The molecule has 1 aliphatic heterocycles. The van der Waals surface area contributed by atoms with Crippen LogP contribution in [0.15, 0.2) is 60.7 Å². The molecule has 1 saturated heterocycles. The van der Waals surface area contributed by atoms with E-state index in [1.807, 2.05) is 12.2 Å². The van der Waals surface area contributed by atoms with Crippen molar-refractivity contribution in [1.29, 1.82) is 0 Å². The molecule has 0 unspecified atom stereocenters. The van der Waals surface area contributed by atoms with E-state index in [4.69, 9.17) is 11.6 Å². The van der Waals surface area contributed by atoms with Gasteiger partial charge in [-0.3, -0.25) is 24.5 Å². The maximum Gasteiger partial charge on any atom is 0.282 e. The first-order chi connectivity index (χ1) is 14.9. The molecule has 0 N–H and O–H groups in total. The van der Waals surface area contributed by atoms with Gasteiger partial charge >= 0.3 is 0 Å². The predicted molar refractivity (Wildman–Crippen MR) is 112 cm³/mol. The SMILES string of the molecule is O=C(c1ccccc1[N+](=O)[O-])N(Cc1ccccc1Cl)N1C(=O)[C@H]2CC=CC[C@@H]2C1=O. The molecule has 158 valence electrons. The van der Waals surface area contributed by atoms with Gasteiger partial charge in [0.15, 0.2) is 0 Å². The summed E-state index contributed by atoms with van der Waals surface area (Å²) in [4.78, 5) is 50.6. The Bertz CT molecular complexity index is 1090. The third kappa shape index (κ3) is 3.70. The molecule has 0 radical (unpaired) electrons. The van der Waals surface area contributed by atoms with E-state index in [0.717, 1.165) is 10.0 Å². The maximum atomic E-state index is 13.5. The van der Waals surface area contributed by atoms with Gasteiger partial charge in [-0.25, -0.2) is 5.01 Å². The van der Waals surface area contributed by atoms with Crippen LogP contribution in [0.25, 0.3) is 0 Å². The van der Waals surface area contributed by atoms with Crippen LogP contribution in [0.5, 0.6) is 0 Å². The van der Waals surface area contributed by atoms with Gasteiger partial charge in [-0.1, -0.05) is 54.1 Å². The highest BCUT2D eigenvalue weighted by molar-refractivity contribution is 6.31. The van der Waals surface area contributed by atoms with Crippen molar-refractivity contribution in [2.24, 2.45) is 11.8 Å². The second-order valence-corrected chi connectivity index (χ2v) is 7.78. The van der Waals surface area contributed by atoms with E-state index in [1.165, 1.54) is 24.3 Å². The number of halogens is 1. The fourth-order valence-corrected chi connectivity index (χ4v) is 4.19. The molecule has 1 fully saturated rings. The lowest BCUT2D eigenvalue weighted by Gasteiger charge is -2.30. The van der Waals surface area contributed by atoms with Gasteiger partial charge in [0.1, 0.15) is 5.56 Å². The fourth-order valence-electron chi connectivity index (χ4n) is 3.99. The van der Waals surface area contributed by atoms with Gasteiger partial charge in [-0.05, 0) is 30.5 Å². The van der Waals surface area contributed by atoms with Gasteiger partial charge < -0.3 is 0 Å². The van der Waals surface area contributed by atoms with Gasteiger partial charge in [-0.15, -0.1) is 0 Å². The Kier molecular flexibility index (Phi) is 5.56. The summed E-state index contributed by atoms with van der Waals surface area (Å²) in [6, 6.07) is 12.2. The second kappa shape index (κ2) is 8.31. The number of hydrazine groups is 1. The molecule has 0 aromatic heterocycles. The highest BCUT2D eigenvalue weighted by atomic mass is 35.5. The first kappa shape index (κ1) is 20.7. The molecule has 0 saturated carbocycles. The highest BCUT2D eigenvalue weighted by Gasteiger charge is 2.51. The first-order valence-electron chi connectivity index (χ1n) is 9.71. The Labute approximate surface area is 182 Å². The van der Waals surface area contributed by atoms with Gasteiger partial charge in [0.25, 0.3) is 23.4 Å². The van der Waals surface area contributed by atoms with Crippen LogP contribution in [0.4, 0.5) is 5.69 Å². The van der Waals surface area contributed by atoms with Gasteiger partial charge in [0, 0.05) is 11.1 Å². The van der Waals surface area contributed by atoms with E-state index in [9.17, 15) is 24.5 Å². The van der Waals surface area contributed by atoms with Gasteiger partial charge in [0.2, 0.25) is 0 Å². The lowest BCUT2D eigenvalue weighted by Crippen LogP contribution is -2.50. The zero-order chi connectivity index (χ0) is 22.1. The Hall–Kier alpha value is -3.52. The number of carbonyl (C=O) groups excluding carboxylic acids is 3. The van der Waals surface area contributed by atoms with Gasteiger partial charge in [-0.2, -0.15) is 5.01 Å². The van der Waals surface area contributed by atoms with Crippen LogP contribution in [0, 0.1) is 22.0 Å². The van der Waals surface area contributed by atoms with E-state index >= 15 is 0 Å². The number of hydrogen-bond donors (Lipinski definition) is 0. The minimum Gasteiger partial charge on any atom is -0.272 e. The normalized spacial score (nSPS) is 20.0. The molecule has 2 aliphatic rings. The molecule has 4 rings (SSSR count). The molecule has 31 heavy (non-hydrogen) atoms. The number of fused-ring (bicyclic) bond motifs is 1. The average Bonchev–Trinajstić information content (AvgIpc) is 3.03. The van der Waals surface area contributed by atoms with E-state index in [2.05, 4.69) is 0 Å². The molecule has 0 spiro atoms.